The highest BCUT2D eigenvalue weighted by Gasteiger charge is 2.18. The summed E-state index contributed by atoms with van der Waals surface area (Å²) in [6.45, 7) is 2.00. The number of esters is 1. The van der Waals surface area contributed by atoms with Gasteiger partial charge in [-0.1, -0.05) is 0 Å². The van der Waals surface area contributed by atoms with Crippen molar-refractivity contribution in [3.8, 4) is 5.88 Å². The summed E-state index contributed by atoms with van der Waals surface area (Å²) in [5.74, 6) is -0.598. The van der Waals surface area contributed by atoms with Crippen molar-refractivity contribution in [3.63, 3.8) is 0 Å². The van der Waals surface area contributed by atoms with Crippen LogP contribution in [0, 0.1) is 0 Å². The van der Waals surface area contributed by atoms with E-state index in [9.17, 15) is 9.59 Å². The number of pyridine rings is 1. The molecule has 9 nitrogen and oxygen atoms in total. The Morgan fingerprint density at radius 1 is 1.32 bits per heavy atom. The summed E-state index contributed by atoms with van der Waals surface area (Å²) in [7, 11) is 3.15. The zero-order valence-corrected chi connectivity index (χ0v) is 14.0. The van der Waals surface area contributed by atoms with Crippen LogP contribution in [0.2, 0.25) is 0 Å². The van der Waals surface area contributed by atoms with Gasteiger partial charge >= 0.3 is 5.97 Å². The lowest BCUT2D eigenvalue weighted by molar-refractivity contribution is 0.0528. The number of aromatic nitrogens is 4. The van der Waals surface area contributed by atoms with E-state index >= 15 is 0 Å². The second-order valence-corrected chi connectivity index (χ2v) is 5.20. The molecule has 0 aliphatic rings. The number of nitrogens with one attached hydrogen (secondary N) is 1. The van der Waals surface area contributed by atoms with E-state index in [1.807, 2.05) is 0 Å². The Morgan fingerprint density at radius 3 is 2.84 bits per heavy atom. The molecule has 3 heterocycles. The fourth-order valence-electron chi connectivity index (χ4n) is 2.40. The van der Waals surface area contributed by atoms with Gasteiger partial charge in [-0.15, -0.1) is 5.10 Å². The summed E-state index contributed by atoms with van der Waals surface area (Å²) in [4.78, 5) is 24.4. The monoisotopic (exact) mass is 343 g/mol. The van der Waals surface area contributed by atoms with Crippen LogP contribution in [-0.4, -0.2) is 45.0 Å². The lowest BCUT2D eigenvalue weighted by Gasteiger charge is -2.06. The molecule has 0 saturated heterocycles. The third-order valence-corrected chi connectivity index (χ3v) is 3.51. The van der Waals surface area contributed by atoms with Crippen LogP contribution in [0.5, 0.6) is 5.88 Å². The van der Waals surface area contributed by atoms with Crippen molar-refractivity contribution in [1.29, 1.82) is 0 Å². The molecule has 0 aliphatic carbocycles. The van der Waals surface area contributed by atoms with Crippen LogP contribution in [0.4, 0.5) is 5.69 Å². The Bertz CT molecular complexity index is 943. The maximum Gasteiger partial charge on any atom is 0.341 e. The van der Waals surface area contributed by atoms with Crippen molar-refractivity contribution < 1.29 is 19.1 Å². The number of methoxy groups -OCH3 is 1. The van der Waals surface area contributed by atoms with Gasteiger partial charge in [0.15, 0.2) is 0 Å². The summed E-state index contributed by atoms with van der Waals surface area (Å²) < 4.78 is 13.1. The average Bonchev–Trinajstić information content (AvgIpc) is 3.17. The van der Waals surface area contributed by atoms with Crippen LogP contribution in [-0.2, 0) is 11.8 Å². The van der Waals surface area contributed by atoms with Gasteiger partial charge in [0, 0.05) is 25.1 Å². The van der Waals surface area contributed by atoms with E-state index in [0.717, 1.165) is 0 Å². The van der Waals surface area contributed by atoms with Crippen LogP contribution < -0.4 is 10.1 Å². The first-order valence-electron chi connectivity index (χ1n) is 7.57. The molecule has 25 heavy (non-hydrogen) atoms. The van der Waals surface area contributed by atoms with E-state index in [2.05, 4.69) is 15.5 Å². The van der Waals surface area contributed by atoms with E-state index in [0.29, 0.717) is 22.3 Å². The number of anilines is 1. The van der Waals surface area contributed by atoms with Gasteiger partial charge < -0.3 is 14.8 Å². The summed E-state index contributed by atoms with van der Waals surface area (Å²) in [6, 6.07) is 3.33. The minimum absolute atomic E-state index is 0.234. The Balaban J connectivity index is 1.90. The molecule has 130 valence electrons. The van der Waals surface area contributed by atoms with Crippen LogP contribution in [0.15, 0.2) is 30.7 Å². The number of ether oxygens (including phenoxy) is 2. The van der Waals surface area contributed by atoms with Gasteiger partial charge in [0.1, 0.15) is 11.1 Å². The molecule has 0 fully saturated rings. The highest BCUT2D eigenvalue weighted by molar-refractivity contribution is 6.06. The quantitative estimate of drug-likeness (QED) is 0.705. The van der Waals surface area contributed by atoms with Crippen molar-refractivity contribution in [2.75, 3.05) is 19.0 Å². The van der Waals surface area contributed by atoms with Gasteiger partial charge in [-0.3, -0.25) is 9.48 Å². The van der Waals surface area contributed by atoms with E-state index in [4.69, 9.17) is 9.47 Å². The number of nitrogens with zero attached hydrogens (tertiary/aromatic N) is 4. The number of amides is 1. The van der Waals surface area contributed by atoms with Crippen molar-refractivity contribution in [1.82, 2.24) is 19.4 Å². The Labute approximate surface area is 143 Å². The number of hydrogen-bond donors (Lipinski definition) is 1. The van der Waals surface area contributed by atoms with E-state index in [1.54, 1.807) is 38.5 Å². The first kappa shape index (κ1) is 16.5. The predicted molar refractivity (Wildman–Crippen MR) is 88.9 cm³/mol. The Morgan fingerprint density at radius 2 is 2.12 bits per heavy atom. The number of carbonyl (C=O) groups excluding carboxylic acids is 2. The van der Waals surface area contributed by atoms with Crippen molar-refractivity contribution in [2.45, 2.75) is 6.92 Å². The number of rotatable bonds is 5. The standard InChI is InChI=1S/C16H17N5O4/c1-4-25-16(23)11-8-17-21-6-5-10(7-13(11)21)18-14(22)12-9-20(2)19-15(12)24-3/h5-9H,4H2,1-3H3,(H,18,22). The molecule has 0 spiro atoms. The number of fused-ring (bicyclic) bond motifs is 1. The minimum atomic E-state index is -0.463. The summed E-state index contributed by atoms with van der Waals surface area (Å²) in [5, 5.41) is 10.9. The molecule has 0 aromatic carbocycles. The third-order valence-electron chi connectivity index (χ3n) is 3.51. The van der Waals surface area contributed by atoms with Gasteiger partial charge in [0.25, 0.3) is 5.91 Å². The topological polar surface area (TPSA) is 99.8 Å². The second-order valence-electron chi connectivity index (χ2n) is 5.20. The summed E-state index contributed by atoms with van der Waals surface area (Å²) in [5.41, 5.74) is 1.68. The number of hydrogen-bond acceptors (Lipinski definition) is 6. The lowest BCUT2D eigenvalue weighted by atomic mass is 10.2. The third kappa shape index (κ3) is 3.16. The predicted octanol–water partition coefficient (Wildman–Crippen LogP) is 1.51. The van der Waals surface area contributed by atoms with Gasteiger partial charge in [0.05, 0.1) is 25.4 Å². The van der Waals surface area contributed by atoms with Crippen LogP contribution in [0.25, 0.3) is 5.52 Å². The number of aryl methyl sites for hydroxylation is 1. The van der Waals surface area contributed by atoms with Gasteiger partial charge in [-0.25, -0.2) is 9.31 Å². The van der Waals surface area contributed by atoms with Gasteiger partial charge in [-0.2, -0.15) is 5.10 Å². The average molecular weight is 343 g/mol. The molecule has 0 saturated carbocycles. The molecule has 9 heteroatoms. The molecule has 0 bridgehead atoms. The molecular weight excluding hydrogens is 326 g/mol. The van der Waals surface area contributed by atoms with E-state index < -0.39 is 5.97 Å². The molecule has 3 rings (SSSR count). The highest BCUT2D eigenvalue weighted by Crippen LogP contribution is 2.20. The van der Waals surface area contributed by atoms with Crippen LogP contribution in [0.1, 0.15) is 27.6 Å². The molecule has 0 atom stereocenters. The molecular formula is C16H17N5O4. The van der Waals surface area contributed by atoms with E-state index in [-0.39, 0.29) is 18.4 Å². The maximum absolute atomic E-state index is 12.4. The van der Waals surface area contributed by atoms with Gasteiger partial charge in [-0.05, 0) is 19.1 Å². The summed E-state index contributed by atoms with van der Waals surface area (Å²) in [6.07, 6.45) is 4.65. The van der Waals surface area contributed by atoms with Crippen LogP contribution >= 0.6 is 0 Å². The number of carbonyl (C=O) groups is 2. The Hall–Kier alpha value is -3.36. The second kappa shape index (κ2) is 6.63. The molecule has 1 amide bonds. The largest absolute Gasteiger partial charge is 0.479 e. The maximum atomic E-state index is 12.4. The van der Waals surface area contributed by atoms with Gasteiger partial charge in [0.2, 0.25) is 5.88 Å². The lowest BCUT2D eigenvalue weighted by Crippen LogP contribution is -2.12. The first-order chi connectivity index (χ1) is 12.0. The fraction of sp³-hybridized carbons (Fsp3) is 0.250. The summed E-state index contributed by atoms with van der Waals surface area (Å²) >= 11 is 0. The molecule has 1 N–H and O–H groups in total. The van der Waals surface area contributed by atoms with Crippen molar-refractivity contribution >= 4 is 23.1 Å². The van der Waals surface area contributed by atoms with Crippen molar-refractivity contribution in [2.24, 2.45) is 7.05 Å². The fourth-order valence-corrected chi connectivity index (χ4v) is 2.40. The Kier molecular flexibility index (Phi) is 4.38. The van der Waals surface area contributed by atoms with Crippen LogP contribution in [0.3, 0.4) is 0 Å². The van der Waals surface area contributed by atoms with Crippen molar-refractivity contribution in [3.05, 3.63) is 41.9 Å². The highest BCUT2D eigenvalue weighted by atomic mass is 16.5. The SMILES string of the molecule is CCOC(=O)c1cnn2ccc(NC(=O)c3cn(C)nc3OC)cc12. The normalized spacial score (nSPS) is 10.7. The zero-order valence-electron chi connectivity index (χ0n) is 14.0. The smallest absolute Gasteiger partial charge is 0.341 e. The molecule has 0 radical (unpaired) electrons. The molecule has 0 unspecified atom stereocenters. The molecule has 3 aromatic heterocycles. The minimum Gasteiger partial charge on any atom is -0.479 e. The zero-order chi connectivity index (χ0) is 18.0. The first-order valence-corrected chi connectivity index (χ1v) is 7.57. The molecule has 0 aliphatic heterocycles. The molecule has 3 aromatic rings. The van der Waals surface area contributed by atoms with E-state index in [1.165, 1.54) is 22.5 Å².